The maximum Gasteiger partial charge on any atom is 0.195 e. The predicted octanol–water partition coefficient (Wildman–Crippen LogP) is 3.91. The molecule has 3 heteroatoms. The molecule has 0 saturated heterocycles. The van der Waals surface area contributed by atoms with Crippen LogP contribution in [-0.4, -0.2) is 12.4 Å². The van der Waals surface area contributed by atoms with E-state index in [1.807, 2.05) is 38.1 Å². The standard InChI is InChI=1S/C18H21NO2/c1-4-11-21-17-10-9-14(12(2)13(17)3)18(20)15-7-5-6-8-16(15)19/h5-10H,4,11,19H2,1-3H3. The van der Waals surface area contributed by atoms with E-state index in [1.165, 1.54) is 0 Å². The average molecular weight is 283 g/mol. The highest BCUT2D eigenvalue weighted by Gasteiger charge is 2.16. The van der Waals surface area contributed by atoms with Crippen molar-refractivity contribution in [1.82, 2.24) is 0 Å². The molecule has 0 fully saturated rings. The molecule has 0 saturated carbocycles. The van der Waals surface area contributed by atoms with E-state index < -0.39 is 0 Å². The fourth-order valence-corrected chi connectivity index (χ4v) is 2.26. The molecule has 0 aliphatic carbocycles. The molecule has 0 atom stereocenters. The number of para-hydroxylation sites is 1. The maximum absolute atomic E-state index is 12.6. The van der Waals surface area contributed by atoms with Gasteiger partial charge in [0.1, 0.15) is 5.75 Å². The van der Waals surface area contributed by atoms with Crippen LogP contribution in [0.5, 0.6) is 5.75 Å². The third-order valence-corrected chi connectivity index (χ3v) is 3.65. The normalized spacial score (nSPS) is 10.4. The van der Waals surface area contributed by atoms with Crippen LogP contribution < -0.4 is 10.5 Å². The summed E-state index contributed by atoms with van der Waals surface area (Å²) in [6.45, 7) is 6.67. The van der Waals surface area contributed by atoms with E-state index in [0.29, 0.717) is 23.4 Å². The number of carbonyl (C=O) groups excluding carboxylic acids is 1. The van der Waals surface area contributed by atoms with Gasteiger partial charge in [0.15, 0.2) is 5.78 Å². The van der Waals surface area contributed by atoms with E-state index in [0.717, 1.165) is 23.3 Å². The molecule has 3 nitrogen and oxygen atoms in total. The number of carbonyl (C=O) groups is 1. The van der Waals surface area contributed by atoms with Gasteiger partial charge < -0.3 is 10.5 Å². The second-order valence-corrected chi connectivity index (χ2v) is 5.13. The Bertz CT molecular complexity index is 662. The zero-order chi connectivity index (χ0) is 15.4. The zero-order valence-corrected chi connectivity index (χ0v) is 12.8. The first-order valence-corrected chi connectivity index (χ1v) is 7.18. The van der Waals surface area contributed by atoms with Crippen molar-refractivity contribution in [2.24, 2.45) is 0 Å². The monoisotopic (exact) mass is 283 g/mol. The number of nitrogens with two attached hydrogens (primary N) is 1. The summed E-state index contributed by atoms with van der Waals surface area (Å²) in [6.07, 6.45) is 0.958. The van der Waals surface area contributed by atoms with Gasteiger partial charge >= 0.3 is 0 Å². The van der Waals surface area contributed by atoms with Crippen LogP contribution in [0.3, 0.4) is 0 Å². The Balaban J connectivity index is 2.39. The average Bonchev–Trinajstić information content (AvgIpc) is 2.49. The van der Waals surface area contributed by atoms with Gasteiger partial charge in [-0.2, -0.15) is 0 Å². The van der Waals surface area contributed by atoms with E-state index in [9.17, 15) is 4.79 Å². The highest BCUT2D eigenvalue weighted by Crippen LogP contribution is 2.27. The van der Waals surface area contributed by atoms with Crippen LogP contribution >= 0.6 is 0 Å². The van der Waals surface area contributed by atoms with Crippen molar-refractivity contribution in [2.75, 3.05) is 12.3 Å². The molecule has 0 amide bonds. The van der Waals surface area contributed by atoms with Crippen molar-refractivity contribution < 1.29 is 9.53 Å². The summed E-state index contributed by atoms with van der Waals surface area (Å²) in [4.78, 5) is 12.6. The molecule has 0 aliphatic rings. The first kappa shape index (κ1) is 15.1. The summed E-state index contributed by atoms with van der Waals surface area (Å²) in [5.41, 5.74) is 9.57. The fourth-order valence-electron chi connectivity index (χ4n) is 2.26. The van der Waals surface area contributed by atoms with Crippen LogP contribution in [0.4, 0.5) is 5.69 Å². The van der Waals surface area contributed by atoms with Gasteiger partial charge in [-0.05, 0) is 55.7 Å². The number of rotatable bonds is 5. The van der Waals surface area contributed by atoms with Gasteiger partial charge in [0, 0.05) is 16.8 Å². The molecular weight excluding hydrogens is 262 g/mol. The minimum Gasteiger partial charge on any atom is -0.493 e. The molecule has 0 unspecified atom stereocenters. The van der Waals surface area contributed by atoms with Crippen LogP contribution in [0.2, 0.25) is 0 Å². The fraction of sp³-hybridized carbons (Fsp3) is 0.278. The van der Waals surface area contributed by atoms with Crippen LogP contribution in [0.15, 0.2) is 36.4 Å². The number of hydrogen-bond donors (Lipinski definition) is 1. The van der Waals surface area contributed by atoms with Gasteiger partial charge in [-0.3, -0.25) is 4.79 Å². The number of ketones is 1. The van der Waals surface area contributed by atoms with Gasteiger partial charge in [0.05, 0.1) is 6.61 Å². The van der Waals surface area contributed by atoms with E-state index in [-0.39, 0.29) is 5.78 Å². The lowest BCUT2D eigenvalue weighted by Gasteiger charge is -2.14. The van der Waals surface area contributed by atoms with Gasteiger partial charge in [0.25, 0.3) is 0 Å². The van der Waals surface area contributed by atoms with E-state index in [4.69, 9.17) is 10.5 Å². The third kappa shape index (κ3) is 3.07. The Kier molecular flexibility index (Phi) is 4.63. The third-order valence-electron chi connectivity index (χ3n) is 3.65. The summed E-state index contributed by atoms with van der Waals surface area (Å²) >= 11 is 0. The molecule has 0 aromatic heterocycles. The Morgan fingerprint density at radius 1 is 1.05 bits per heavy atom. The van der Waals surface area contributed by atoms with Crippen LogP contribution in [0, 0.1) is 13.8 Å². The number of benzene rings is 2. The number of ether oxygens (including phenoxy) is 1. The molecule has 0 bridgehead atoms. The Labute approximate surface area is 125 Å². The van der Waals surface area contributed by atoms with Crippen molar-refractivity contribution in [2.45, 2.75) is 27.2 Å². The number of hydrogen-bond acceptors (Lipinski definition) is 3. The molecule has 2 aromatic rings. The van der Waals surface area contributed by atoms with E-state index >= 15 is 0 Å². The van der Waals surface area contributed by atoms with Crippen LogP contribution in [-0.2, 0) is 0 Å². The van der Waals surface area contributed by atoms with Crippen molar-refractivity contribution in [3.05, 3.63) is 58.7 Å². The highest BCUT2D eigenvalue weighted by molar-refractivity contribution is 6.13. The number of nitrogen functional groups attached to an aromatic ring is 1. The first-order valence-electron chi connectivity index (χ1n) is 7.18. The minimum absolute atomic E-state index is 0.0456. The molecule has 2 rings (SSSR count). The molecule has 0 heterocycles. The SMILES string of the molecule is CCCOc1ccc(C(=O)c2ccccc2N)c(C)c1C. The summed E-state index contributed by atoms with van der Waals surface area (Å²) in [5.74, 6) is 0.794. The summed E-state index contributed by atoms with van der Waals surface area (Å²) in [6, 6.07) is 10.8. The molecule has 0 spiro atoms. The van der Waals surface area contributed by atoms with E-state index in [1.54, 1.807) is 12.1 Å². The summed E-state index contributed by atoms with van der Waals surface area (Å²) in [5, 5.41) is 0. The van der Waals surface area contributed by atoms with Crippen molar-refractivity contribution >= 4 is 11.5 Å². The van der Waals surface area contributed by atoms with Crippen molar-refractivity contribution in [1.29, 1.82) is 0 Å². The molecule has 21 heavy (non-hydrogen) atoms. The van der Waals surface area contributed by atoms with Gasteiger partial charge in [0.2, 0.25) is 0 Å². The summed E-state index contributed by atoms with van der Waals surface area (Å²) in [7, 11) is 0. The van der Waals surface area contributed by atoms with Crippen molar-refractivity contribution in [3.8, 4) is 5.75 Å². The topological polar surface area (TPSA) is 52.3 Å². The second kappa shape index (κ2) is 6.44. The molecule has 0 aliphatic heterocycles. The molecule has 2 aromatic carbocycles. The Morgan fingerprint density at radius 2 is 1.76 bits per heavy atom. The Morgan fingerprint density at radius 3 is 2.43 bits per heavy atom. The predicted molar refractivity (Wildman–Crippen MR) is 86.0 cm³/mol. The molecule has 2 N–H and O–H groups in total. The largest absolute Gasteiger partial charge is 0.493 e. The number of anilines is 1. The van der Waals surface area contributed by atoms with Gasteiger partial charge in [-0.1, -0.05) is 19.1 Å². The lowest BCUT2D eigenvalue weighted by molar-refractivity contribution is 0.103. The second-order valence-electron chi connectivity index (χ2n) is 5.13. The summed E-state index contributed by atoms with van der Waals surface area (Å²) < 4.78 is 5.69. The van der Waals surface area contributed by atoms with Gasteiger partial charge in [-0.15, -0.1) is 0 Å². The van der Waals surface area contributed by atoms with Crippen LogP contribution in [0.1, 0.15) is 40.4 Å². The highest BCUT2D eigenvalue weighted by atomic mass is 16.5. The molecule has 110 valence electrons. The van der Waals surface area contributed by atoms with Crippen molar-refractivity contribution in [3.63, 3.8) is 0 Å². The molecule has 0 radical (unpaired) electrons. The zero-order valence-electron chi connectivity index (χ0n) is 12.8. The lowest BCUT2D eigenvalue weighted by atomic mass is 9.95. The minimum atomic E-state index is -0.0456. The Hall–Kier alpha value is -2.29. The quantitative estimate of drug-likeness (QED) is 0.668. The smallest absolute Gasteiger partial charge is 0.195 e. The molecular formula is C18H21NO2. The first-order chi connectivity index (χ1) is 10.1. The lowest BCUT2D eigenvalue weighted by Crippen LogP contribution is -2.08. The van der Waals surface area contributed by atoms with E-state index in [2.05, 4.69) is 6.92 Å². The maximum atomic E-state index is 12.6. The van der Waals surface area contributed by atoms with Crippen LogP contribution in [0.25, 0.3) is 0 Å². The van der Waals surface area contributed by atoms with Gasteiger partial charge in [-0.25, -0.2) is 0 Å².